The Balaban J connectivity index is 1.50. The molecule has 1 aromatic carbocycles. The van der Waals surface area contributed by atoms with Crippen molar-refractivity contribution in [2.75, 3.05) is 18.5 Å². The third kappa shape index (κ3) is 3.34. The van der Waals surface area contributed by atoms with Crippen LogP contribution in [0.25, 0.3) is 22.5 Å². The molecule has 8 heteroatoms. The third-order valence-electron chi connectivity index (χ3n) is 5.20. The van der Waals surface area contributed by atoms with Gasteiger partial charge in [-0.3, -0.25) is 0 Å². The second-order valence-corrected chi connectivity index (χ2v) is 7.68. The molecule has 0 saturated carbocycles. The number of H-pyrrole nitrogens is 1. The molecule has 3 aromatic heterocycles. The van der Waals surface area contributed by atoms with Crippen molar-refractivity contribution < 1.29 is 13.9 Å². The Bertz CT molecular complexity index is 1200. The fourth-order valence-corrected chi connectivity index (χ4v) is 3.71. The minimum atomic E-state index is 0.0322. The molecule has 0 fully saturated rings. The highest BCUT2D eigenvalue weighted by Gasteiger charge is 2.22. The number of rotatable bonds is 5. The summed E-state index contributed by atoms with van der Waals surface area (Å²) in [4.78, 5) is 16.3. The lowest BCUT2D eigenvalue weighted by Gasteiger charge is -2.26. The fraction of sp³-hybridized carbons (Fsp3) is 0.318. The van der Waals surface area contributed by atoms with Crippen LogP contribution >= 0.6 is 0 Å². The van der Waals surface area contributed by atoms with Crippen LogP contribution in [-0.2, 0) is 0 Å². The Morgan fingerprint density at radius 2 is 1.87 bits per heavy atom. The summed E-state index contributed by atoms with van der Waals surface area (Å²) in [5, 5.41) is 4.49. The van der Waals surface area contributed by atoms with Crippen molar-refractivity contribution in [2.24, 2.45) is 5.92 Å². The number of aryl methyl sites for hydroxylation is 1. The maximum atomic E-state index is 5.77. The van der Waals surface area contributed by atoms with Gasteiger partial charge in [-0.15, -0.1) is 0 Å². The van der Waals surface area contributed by atoms with E-state index in [1.165, 1.54) is 0 Å². The van der Waals surface area contributed by atoms with Crippen LogP contribution in [0.3, 0.4) is 0 Å². The molecule has 1 aliphatic heterocycles. The van der Waals surface area contributed by atoms with Crippen LogP contribution < -0.4 is 14.8 Å². The first-order valence-corrected chi connectivity index (χ1v) is 10.0. The van der Waals surface area contributed by atoms with E-state index in [1.54, 1.807) is 12.5 Å². The Morgan fingerprint density at radius 3 is 2.63 bits per heavy atom. The van der Waals surface area contributed by atoms with Crippen molar-refractivity contribution in [2.45, 2.75) is 26.8 Å². The van der Waals surface area contributed by atoms with E-state index in [2.05, 4.69) is 45.2 Å². The molecule has 5 rings (SSSR count). The van der Waals surface area contributed by atoms with Gasteiger partial charge in [-0.25, -0.2) is 15.0 Å². The van der Waals surface area contributed by atoms with Gasteiger partial charge in [-0.1, -0.05) is 19.9 Å². The van der Waals surface area contributed by atoms with Gasteiger partial charge in [0.05, 0.1) is 23.3 Å². The molecule has 0 saturated heterocycles. The Morgan fingerprint density at radius 1 is 1.03 bits per heavy atom. The highest BCUT2D eigenvalue weighted by atomic mass is 16.6. The van der Waals surface area contributed by atoms with E-state index in [0.29, 0.717) is 30.8 Å². The standard InChI is InChI=1S/C22H23N5O3/c1-12(2)20(14-4-5-17-18(8-14)29-7-6-28-17)27-22-15-9-16(19-10-23-13(3)30-19)26-21(15)24-11-25-22/h4-5,8-12,20H,6-7H2,1-3H3,(H2,24,25,26,27)/t20-/m1/s1. The maximum absolute atomic E-state index is 5.77. The zero-order chi connectivity index (χ0) is 20.7. The molecule has 8 nitrogen and oxygen atoms in total. The first-order chi connectivity index (χ1) is 14.6. The number of nitrogens with one attached hydrogen (secondary N) is 2. The molecular weight excluding hydrogens is 382 g/mol. The summed E-state index contributed by atoms with van der Waals surface area (Å²) < 4.78 is 17.1. The number of hydrogen-bond donors (Lipinski definition) is 2. The Labute approximate surface area is 173 Å². The summed E-state index contributed by atoms with van der Waals surface area (Å²) >= 11 is 0. The number of ether oxygens (including phenoxy) is 2. The van der Waals surface area contributed by atoms with E-state index >= 15 is 0 Å². The number of fused-ring (bicyclic) bond motifs is 2. The molecule has 0 amide bonds. The van der Waals surface area contributed by atoms with Crippen LogP contribution in [0.5, 0.6) is 11.5 Å². The first-order valence-electron chi connectivity index (χ1n) is 10.0. The molecule has 0 aliphatic carbocycles. The lowest BCUT2D eigenvalue weighted by molar-refractivity contribution is 0.171. The van der Waals surface area contributed by atoms with Crippen molar-refractivity contribution in [1.82, 2.24) is 19.9 Å². The van der Waals surface area contributed by atoms with Crippen molar-refractivity contribution in [3.05, 3.63) is 48.2 Å². The predicted octanol–water partition coefficient (Wildman–Crippen LogP) is 4.50. The van der Waals surface area contributed by atoms with E-state index in [0.717, 1.165) is 39.6 Å². The van der Waals surface area contributed by atoms with Crippen LogP contribution in [-0.4, -0.2) is 33.1 Å². The summed E-state index contributed by atoms with van der Waals surface area (Å²) in [6.45, 7) is 7.31. The number of benzene rings is 1. The van der Waals surface area contributed by atoms with Crippen LogP contribution in [0.2, 0.25) is 0 Å². The Kier molecular flexibility index (Phi) is 4.54. The number of aromatic nitrogens is 4. The second kappa shape index (κ2) is 7.37. The molecule has 1 atom stereocenters. The van der Waals surface area contributed by atoms with Gasteiger partial charge in [0.2, 0.25) is 0 Å². The van der Waals surface area contributed by atoms with Crippen molar-refractivity contribution in [3.8, 4) is 23.0 Å². The van der Waals surface area contributed by atoms with Gasteiger partial charge in [-0.2, -0.15) is 0 Å². The first kappa shape index (κ1) is 18.5. The number of hydrogen-bond acceptors (Lipinski definition) is 7. The van der Waals surface area contributed by atoms with Gasteiger partial charge in [-0.05, 0) is 29.7 Å². The molecule has 4 aromatic rings. The molecule has 154 valence electrons. The molecule has 0 unspecified atom stereocenters. The second-order valence-electron chi connectivity index (χ2n) is 7.68. The largest absolute Gasteiger partial charge is 0.486 e. The van der Waals surface area contributed by atoms with Gasteiger partial charge in [0.15, 0.2) is 23.1 Å². The van der Waals surface area contributed by atoms with Crippen molar-refractivity contribution >= 4 is 16.9 Å². The average molecular weight is 405 g/mol. The highest BCUT2D eigenvalue weighted by Crippen LogP contribution is 2.36. The fourth-order valence-electron chi connectivity index (χ4n) is 3.71. The monoisotopic (exact) mass is 405 g/mol. The third-order valence-corrected chi connectivity index (χ3v) is 5.20. The number of nitrogens with zero attached hydrogens (tertiary/aromatic N) is 3. The number of oxazole rings is 1. The van der Waals surface area contributed by atoms with Gasteiger partial charge >= 0.3 is 0 Å². The topological polar surface area (TPSA) is 98.1 Å². The molecule has 1 aliphatic rings. The van der Waals surface area contributed by atoms with Crippen molar-refractivity contribution in [3.63, 3.8) is 0 Å². The molecule has 0 spiro atoms. The van der Waals surface area contributed by atoms with Gasteiger partial charge in [0.1, 0.15) is 31.0 Å². The smallest absolute Gasteiger partial charge is 0.191 e. The zero-order valence-corrected chi connectivity index (χ0v) is 17.1. The highest BCUT2D eigenvalue weighted by molar-refractivity contribution is 5.91. The minimum absolute atomic E-state index is 0.0322. The number of aromatic amines is 1. The molecular formula is C22H23N5O3. The molecule has 0 bridgehead atoms. The van der Waals surface area contributed by atoms with Crippen LogP contribution in [0.1, 0.15) is 31.3 Å². The quantitative estimate of drug-likeness (QED) is 0.504. The van der Waals surface area contributed by atoms with E-state index in [4.69, 9.17) is 13.9 Å². The number of anilines is 1. The maximum Gasteiger partial charge on any atom is 0.191 e. The minimum Gasteiger partial charge on any atom is -0.486 e. The normalized spacial score (nSPS) is 14.3. The van der Waals surface area contributed by atoms with E-state index in [1.807, 2.05) is 25.1 Å². The van der Waals surface area contributed by atoms with Gasteiger partial charge in [0.25, 0.3) is 0 Å². The van der Waals surface area contributed by atoms with E-state index < -0.39 is 0 Å². The van der Waals surface area contributed by atoms with Crippen LogP contribution in [0.15, 0.2) is 41.2 Å². The van der Waals surface area contributed by atoms with Gasteiger partial charge < -0.3 is 24.2 Å². The Hall–Kier alpha value is -3.55. The summed E-state index contributed by atoms with van der Waals surface area (Å²) in [7, 11) is 0. The average Bonchev–Trinajstić information content (AvgIpc) is 3.38. The lowest BCUT2D eigenvalue weighted by Crippen LogP contribution is -2.19. The predicted molar refractivity (Wildman–Crippen MR) is 113 cm³/mol. The van der Waals surface area contributed by atoms with Crippen LogP contribution in [0, 0.1) is 12.8 Å². The summed E-state index contributed by atoms with van der Waals surface area (Å²) in [5.41, 5.74) is 2.67. The van der Waals surface area contributed by atoms with Crippen LogP contribution in [0.4, 0.5) is 5.82 Å². The van der Waals surface area contributed by atoms with Gasteiger partial charge in [0, 0.05) is 6.92 Å². The molecule has 0 radical (unpaired) electrons. The molecule has 30 heavy (non-hydrogen) atoms. The van der Waals surface area contributed by atoms with Crippen molar-refractivity contribution in [1.29, 1.82) is 0 Å². The summed E-state index contributed by atoms with van der Waals surface area (Å²) in [5.74, 6) is 3.92. The molecule has 4 heterocycles. The summed E-state index contributed by atoms with van der Waals surface area (Å²) in [6, 6.07) is 8.11. The summed E-state index contributed by atoms with van der Waals surface area (Å²) in [6.07, 6.45) is 3.25. The lowest BCUT2D eigenvalue weighted by atomic mass is 9.95. The van der Waals surface area contributed by atoms with E-state index in [9.17, 15) is 0 Å². The SMILES string of the molecule is Cc1ncc(-c2cc3c(N[C@@H](c4ccc5c(c4)OCCO5)C(C)C)ncnc3[nH]2)o1. The zero-order valence-electron chi connectivity index (χ0n) is 17.1. The van der Waals surface area contributed by atoms with E-state index in [-0.39, 0.29) is 6.04 Å². The molecule has 2 N–H and O–H groups in total.